The average molecular weight is 420 g/mol. The average Bonchev–Trinajstić information content (AvgIpc) is 3.29. The molecule has 2 heterocycles. The van der Waals surface area contributed by atoms with E-state index in [9.17, 15) is 4.79 Å². The van der Waals surface area contributed by atoms with Gasteiger partial charge in [-0.25, -0.2) is 0 Å². The van der Waals surface area contributed by atoms with Crippen LogP contribution >= 0.6 is 0 Å². The van der Waals surface area contributed by atoms with Crippen LogP contribution in [-0.2, 0) is 4.79 Å². The third-order valence-corrected chi connectivity index (χ3v) is 5.79. The zero-order valence-electron chi connectivity index (χ0n) is 18.5. The Hall–Kier alpha value is -3.15. The van der Waals surface area contributed by atoms with Gasteiger partial charge in [-0.2, -0.15) is 4.98 Å². The summed E-state index contributed by atoms with van der Waals surface area (Å²) in [4.78, 5) is 19.8. The minimum Gasteiger partial charge on any atom is -0.497 e. The molecule has 3 aromatic rings. The Morgan fingerprint density at radius 1 is 1.03 bits per heavy atom. The third kappa shape index (κ3) is 4.63. The van der Waals surface area contributed by atoms with Gasteiger partial charge in [0.05, 0.1) is 13.0 Å². The highest BCUT2D eigenvalue weighted by atomic mass is 16.5. The highest BCUT2D eigenvalue weighted by Crippen LogP contribution is 2.37. The normalized spacial score (nSPS) is 19.3. The van der Waals surface area contributed by atoms with E-state index < -0.39 is 5.41 Å². The Morgan fingerprint density at radius 3 is 2.35 bits per heavy atom. The van der Waals surface area contributed by atoms with Crippen molar-refractivity contribution in [1.82, 2.24) is 15.0 Å². The fraction of sp³-hybridized carbons (Fsp3) is 0.400. The summed E-state index contributed by atoms with van der Waals surface area (Å²) in [5.74, 6) is 2.29. The molecule has 0 N–H and O–H groups in total. The number of carbonyl (C=O) groups excluding carboxylic acids is 1. The predicted octanol–water partition coefficient (Wildman–Crippen LogP) is 4.89. The molecular weight excluding hydrogens is 390 g/mol. The lowest BCUT2D eigenvalue weighted by Crippen LogP contribution is -2.47. The molecule has 0 spiro atoms. The summed E-state index contributed by atoms with van der Waals surface area (Å²) in [6, 6.07) is 17.9. The summed E-state index contributed by atoms with van der Waals surface area (Å²) < 4.78 is 11.0. The summed E-state index contributed by atoms with van der Waals surface area (Å²) in [6.07, 6.45) is 0.844. The maximum atomic E-state index is 13.1. The molecule has 162 valence electrons. The molecule has 31 heavy (non-hydrogen) atoms. The number of hydrogen-bond donors (Lipinski definition) is 0. The fourth-order valence-corrected chi connectivity index (χ4v) is 4.14. The quantitative estimate of drug-likeness (QED) is 0.602. The molecule has 0 aliphatic carbocycles. The van der Waals surface area contributed by atoms with Gasteiger partial charge >= 0.3 is 0 Å². The summed E-state index contributed by atoms with van der Waals surface area (Å²) in [7, 11) is 1.66. The number of carbonyl (C=O) groups is 1. The number of aromatic nitrogens is 2. The van der Waals surface area contributed by atoms with Gasteiger partial charge in [-0.1, -0.05) is 68.4 Å². The maximum absolute atomic E-state index is 13.1. The first kappa shape index (κ1) is 21.1. The Balaban J connectivity index is 1.63. The van der Waals surface area contributed by atoms with Crippen LogP contribution in [0.3, 0.4) is 0 Å². The van der Waals surface area contributed by atoms with Gasteiger partial charge in [0, 0.05) is 30.0 Å². The SMILES string of the molecule is COc1ccc(C2CC(c3nc(-c4ccccc4)no3)CN(C(=O)C(C)(C)C)C2)cc1. The summed E-state index contributed by atoms with van der Waals surface area (Å²) in [5, 5.41) is 4.19. The number of hydrogen-bond acceptors (Lipinski definition) is 5. The molecule has 2 unspecified atom stereocenters. The molecule has 1 fully saturated rings. The minimum atomic E-state index is -0.448. The zero-order chi connectivity index (χ0) is 22.0. The first-order chi connectivity index (χ1) is 14.8. The number of nitrogens with zero attached hydrogens (tertiary/aromatic N) is 3. The van der Waals surface area contributed by atoms with E-state index in [0.717, 1.165) is 17.7 Å². The molecule has 6 heteroatoms. The smallest absolute Gasteiger partial charge is 0.231 e. The van der Waals surface area contributed by atoms with E-state index in [-0.39, 0.29) is 17.7 Å². The van der Waals surface area contributed by atoms with E-state index in [4.69, 9.17) is 9.26 Å². The number of piperidine rings is 1. The van der Waals surface area contributed by atoms with Gasteiger partial charge < -0.3 is 14.2 Å². The largest absolute Gasteiger partial charge is 0.497 e. The fourth-order valence-electron chi connectivity index (χ4n) is 4.14. The van der Waals surface area contributed by atoms with Gasteiger partial charge in [0.2, 0.25) is 17.6 Å². The van der Waals surface area contributed by atoms with Crippen LogP contribution in [0.15, 0.2) is 59.1 Å². The van der Waals surface area contributed by atoms with Crippen molar-refractivity contribution in [2.45, 2.75) is 39.0 Å². The van der Waals surface area contributed by atoms with Crippen LogP contribution in [0.25, 0.3) is 11.4 Å². The van der Waals surface area contributed by atoms with Gasteiger partial charge in [0.25, 0.3) is 0 Å². The van der Waals surface area contributed by atoms with Crippen molar-refractivity contribution in [2.75, 3.05) is 20.2 Å². The van der Waals surface area contributed by atoms with Crippen molar-refractivity contribution in [1.29, 1.82) is 0 Å². The second-order valence-corrected chi connectivity index (χ2v) is 9.19. The van der Waals surface area contributed by atoms with Crippen LogP contribution in [0.2, 0.25) is 0 Å². The van der Waals surface area contributed by atoms with Gasteiger partial charge in [0.15, 0.2) is 0 Å². The third-order valence-electron chi connectivity index (χ3n) is 5.79. The second-order valence-electron chi connectivity index (χ2n) is 9.19. The Labute approximate surface area is 183 Å². The van der Waals surface area contributed by atoms with Crippen molar-refractivity contribution in [2.24, 2.45) is 5.41 Å². The summed E-state index contributed by atoms with van der Waals surface area (Å²) in [5.41, 5.74) is 1.65. The standard InChI is InChI=1S/C25H29N3O3/c1-25(2,3)24(29)28-15-19(17-10-12-21(30-4)13-11-17)14-20(16-28)23-26-22(27-31-23)18-8-6-5-7-9-18/h5-13,19-20H,14-16H2,1-4H3. The molecule has 1 aliphatic rings. The van der Waals surface area contributed by atoms with Crippen LogP contribution < -0.4 is 4.74 Å². The number of ether oxygens (including phenoxy) is 1. The molecule has 2 atom stereocenters. The first-order valence-corrected chi connectivity index (χ1v) is 10.7. The predicted molar refractivity (Wildman–Crippen MR) is 119 cm³/mol. The molecular formula is C25H29N3O3. The molecule has 1 aromatic heterocycles. The Kier molecular flexibility index (Phi) is 5.81. The molecule has 1 saturated heterocycles. The van der Waals surface area contributed by atoms with E-state index in [1.807, 2.05) is 68.1 Å². The minimum absolute atomic E-state index is 0.0166. The number of rotatable bonds is 4. The van der Waals surface area contributed by atoms with Crippen LogP contribution in [0.4, 0.5) is 0 Å². The van der Waals surface area contributed by atoms with Crippen LogP contribution in [-0.4, -0.2) is 41.1 Å². The Bertz CT molecular complexity index is 1020. The molecule has 1 aliphatic heterocycles. The van der Waals surface area contributed by atoms with Gasteiger partial charge in [-0.05, 0) is 24.1 Å². The molecule has 0 radical (unpaired) electrons. The molecule has 1 amide bonds. The van der Waals surface area contributed by atoms with Gasteiger partial charge in [-0.3, -0.25) is 4.79 Å². The van der Waals surface area contributed by atoms with Crippen LogP contribution in [0.5, 0.6) is 5.75 Å². The highest BCUT2D eigenvalue weighted by Gasteiger charge is 2.37. The van der Waals surface area contributed by atoms with E-state index in [0.29, 0.717) is 24.8 Å². The molecule has 6 nitrogen and oxygen atoms in total. The zero-order valence-corrected chi connectivity index (χ0v) is 18.5. The van der Waals surface area contributed by atoms with E-state index in [1.165, 1.54) is 5.56 Å². The Morgan fingerprint density at radius 2 is 1.71 bits per heavy atom. The van der Waals surface area contributed by atoms with E-state index >= 15 is 0 Å². The highest BCUT2D eigenvalue weighted by molar-refractivity contribution is 5.81. The molecule has 2 aromatic carbocycles. The molecule has 0 saturated carbocycles. The van der Waals surface area contributed by atoms with Crippen molar-refractivity contribution < 1.29 is 14.1 Å². The summed E-state index contributed by atoms with van der Waals surface area (Å²) >= 11 is 0. The van der Waals surface area contributed by atoms with Crippen LogP contribution in [0, 0.1) is 5.41 Å². The lowest BCUT2D eigenvalue weighted by Gasteiger charge is -2.39. The van der Waals surface area contributed by atoms with Crippen molar-refractivity contribution in [3.05, 3.63) is 66.1 Å². The lowest BCUT2D eigenvalue weighted by atomic mass is 9.82. The van der Waals surface area contributed by atoms with E-state index in [1.54, 1.807) is 7.11 Å². The number of likely N-dealkylation sites (tertiary alicyclic amines) is 1. The van der Waals surface area contributed by atoms with Crippen molar-refractivity contribution in [3.8, 4) is 17.1 Å². The molecule has 0 bridgehead atoms. The van der Waals surface area contributed by atoms with Crippen molar-refractivity contribution in [3.63, 3.8) is 0 Å². The number of amides is 1. The monoisotopic (exact) mass is 419 g/mol. The van der Waals surface area contributed by atoms with Gasteiger partial charge in [-0.15, -0.1) is 0 Å². The topological polar surface area (TPSA) is 68.5 Å². The maximum Gasteiger partial charge on any atom is 0.231 e. The second kappa shape index (κ2) is 8.53. The van der Waals surface area contributed by atoms with Crippen LogP contribution in [0.1, 0.15) is 50.5 Å². The van der Waals surface area contributed by atoms with Crippen molar-refractivity contribution >= 4 is 5.91 Å². The first-order valence-electron chi connectivity index (χ1n) is 10.7. The number of methoxy groups -OCH3 is 1. The van der Waals surface area contributed by atoms with Gasteiger partial charge in [0.1, 0.15) is 5.75 Å². The summed E-state index contributed by atoms with van der Waals surface area (Å²) in [6.45, 7) is 7.14. The molecule has 4 rings (SSSR count). The number of benzene rings is 2. The lowest BCUT2D eigenvalue weighted by molar-refractivity contribution is -0.141. The van der Waals surface area contributed by atoms with E-state index in [2.05, 4.69) is 22.3 Å².